The third kappa shape index (κ3) is 8.41. The number of anilines is 1. The molecule has 24 heavy (non-hydrogen) atoms. The Morgan fingerprint density at radius 3 is 2.29 bits per heavy atom. The highest BCUT2D eigenvalue weighted by Gasteiger charge is 2.14. The number of rotatable bonds is 9. The molecule has 1 aromatic carbocycles. The summed E-state index contributed by atoms with van der Waals surface area (Å²) in [5.74, 6) is 0.0441. The maximum atomic E-state index is 11.8. The van der Waals surface area contributed by atoms with E-state index in [1.54, 1.807) is 13.8 Å². The number of carbonyl (C=O) groups is 2. The lowest BCUT2D eigenvalue weighted by Gasteiger charge is -2.24. The summed E-state index contributed by atoms with van der Waals surface area (Å²) < 4.78 is 5.01. The first-order valence-corrected chi connectivity index (χ1v) is 8.41. The van der Waals surface area contributed by atoms with Crippen molar-refractivity contribution >= 4 is 17.7 Å². The van der Waals surface area contributed by atoms with Crippen LogP contribution in [0.3, 0.4) is 0 Å². The Bertz CT molecular complexity index is 503. The molecule has 1 unspecified atom stereocenters. The summed E-state index contributed by atoms with van der Waals surface area (Å²) in [5, 5.41) is 8.91. The van der Waals surface area contributed by atoms with Gasteiger partial charge in [0.2, 0.25) is 0 Å². The summed E-state index contributed by atoms with van der Waals surface area (Å²) in [5.41, 5.74) is 1.02. The van der Waals surface area contributed by atoms with Crippen LogP contribution in [0.5, 0.6) is 0 Å². The lowest BCUT2D eigenvalue weighted by molar-refractivity contribution is -0.147. The molecule has 6 heteroatoms. The molecule has 0 bridgehead atoms. The third-order valence-corrected chi connectivity index (χ3v) is 3.39. The quantitative estimate of drug-likeness (QED) is 0.606. The van der Waals surface area contributed by atoms with Crippen LogP contribution in [0.4, 0.5) is 10.5 Å². The second-order valence-corrected chi connectivity index (χ2v) is 6.29. The van der Waals surface area contributed by atoms with Gasteiger partial charge in [-0.05, 0) is 31.9 Å². The zero-order valence-corrected chi connectivity index (χ0v) is 15.0. The number of ether oxygens (including phenoxy) is 1. The number of amides is 2. The molecule has 0 aliphatic heterocycles. The number of hydrogen-bond donors (Lipinski definition) is 3. The van der Waals surface area contributed by atoms with E-state index in [1.165, 1.54) is 0 Å². The van der Waals surface area contributed by atoms with Crippen LogP contribution in [0.25, 0.3) is 0 Å². The van der Waals surface area contributed by atoms with E-state index in [9.17, 15) is 9.59 Å². The molecule has 0 saturated heterocycles. The van der Waals surface area contributed by atoms with Crippen molar-refractivity contribution in [1.29, 1.82) is 0 Å². The fourth-order valence-electron chi connectivity index (χ4n) is 2.07. The largest absolute Gasteiger partial charge is 0.463 e. The van der Waals surface area contributed by atoms with Crippen molar-refractivity contribution in [1.82, 2.24) is 10.6 Å². The second-order valence-electron chi connectivity index (χ2n) is 6.29. The third-order valence-electron chi connectivity index (χ3n) is 3.39. The van der Waals surface area contributed by atoms with Crippen LogP contribution in [-0.2, 0) is 9.53 Å². The van der Waals surface area contributed by atoms with Gasteiger partial charge in [-0.1, -0.05) is 32.0 Å². The Labute approximate surface area is 144 Å². The van der Waals surface area contributed by atoms with Crippen LogP contribution in [-0.4, -0.2) is 37.2 Å². The van der Waals surface area contributed by atoms with Crippen LogP contribution in [0.15, 0.2) is 30.3 Å². The molecule has 0 aliphatic carbocycles. The zero-order valence-electron chi connectivity index (χ0n) is 15.0. The minimum atomic E-state index is -0.309. The van der Waals surface area contributed by atoms with Crippen LogP contribution in [0, 0.1) is 5.92 Å². The van der Waals surface area contributed by atoms with Crippen molar-refractivity contribution in [2.45, 2.75) is 46.3 Å². The molecule has 2 amide bonds. The van der Waals surface area contributed by atoms with Gasteiger partial charge in [0, 0.05) is 24.8 Å². The van der Waals surface area contributed by atoms with E-state index in [-0.39, 0.29) is 37.1 Å². The van der Waals surface area contributed by atoms with Gasteiger partial charge in [0.15, 0.2) is 0 Å². The Balaban J connectivity index is 2.31. The van der Waals surface area contributed by atoms with Gasteiger partial charge in [0.05, 0.1) is 12.5 Å². The van der Waals surface area contributed by atoms with Gasteiger partial charge in [-0.25, -0.2) is 4.79 Å². The molecule has 0 fully saturated rings. The van der Waals surface area contributed by atoms with Gasteiger partial charge in [0.25, 0.3) is 0 Å². The first kappa shape index (κ1) is 19.8. The topological polar surface area (TPSA) is 79.5 Å². The summed E-state index contributed by atoms with van der Waals surface area (Å²) in [6.45, 7) is 8.54. The summed E-state index contributed by atoms with van der Waals surface area (Å²) in [7, 11) is 0. The van der Waals surface area contributed by atoms with Crippen LogP contribution in [0.2, 0.25) is 0 Å². The molecular formula is C18H29N3O3. The molecule has 0 spiro atoms. The Morgan fingerprint density at radius 2 is 1.71 bits per heavy atom. The van der Waals surface area contributed by atoms with Crippen molar-refractivity contribution in [3.8, 4) is 0 Å². The van der Waals surface area contributed by atoms with E-state index < -0.39 is 0 Å². The van der Waals surface area contributed by atoms with Crippen LogP contribution >= 0.6 is 0 Å². The average Bonchev–Trinajstić information content (AvgIpc) is 2.51. The first-order valence-electron chi connectivity index (χ1n) is 8.41. The highest BCUT2D eigenvalue weighted by Crippen LogP contribution is 2.11. The highest BCUT2D eigenvalue weighted by atomic mass is 16.5. The van der Waals surface area contributed by atoms with Crippen molar-refractivity contribution in [3.05, 3.63) is 30.3 Å². The monoisotopic (exact) mass is 335 g/mol. The molecular weight excluding hydrogens is 306 g/mol. The van der Waals surface area contributed by atoms with E-state index >= 15 is 0 Å². The lowest BCUT2D eigenvalue weighted by atomic mass is 10.0. The van der Waals surface area contributed by atoms with Gasteiger partial charge in [-0.15, -0.1) is 0 Å². The van der Waals surface area contributed by atoms with E-state index in [2.05, 4.69) is 29.8 Å². The minimum Gasteiger partial charge on any atom is -0.463 e. The zero-order chi connectivity index (χ0) is 17.9. The molecule has 6 nitrogen and oxygen atoms in total. The SMILES string of the molecule is CC(C)OC(=O)CCNC(=O)NCC(Nc1ccccc1)C(C)C. The van der Waals surface area contributed by atoms with E-state index in [1.807, 2.05) is 30.3 Å². The smallest absolute Gasteiger partial charge is 0.314 e. The summed E-state index contributed by atoms with van der Waals surface area (Å²) in [4.78, 5) is 23.2. The summed E-state index contributed by atoms with van der Waals surface area (Å²) >= 11 is 0. The number of hydrogen-bond acceptors (Lipinski definition) is 4. The van der Waals surface area contributed by atoms with Gasteiger partial charge in [0.1, 0.15) is 0 Å². The van der Waals surface area contributed by atoms with Crippen LogP contribution < -0.4 is 16.0 Å². The molecule has 0 heterocycles. The predicted molar refractivity (Wildman–Crippen MR) is 95.9 cm³/mol. The maximum absolute atomic E-state index is 11.8. The summed E-state index contributed by atoms with van der Waals surface area (Å²) in [6, 6.07) is 9.72. The fraction of sp³-hybridized carbons (Fsp3) is 0.556. The molecule has 0 radical (unpaired) electrons. The van der Waals surface area contributed by atoms with E-state index in [4.69, 9.17) is 4.74 Å². The minimum absolute atomic E-state index is 0.115. The van der Waals surface area contributed by atoms with Gasteiger partial charge < -0.3 is 20.7 Å². The predicted octanol–water partition coefficient (Wildman–Crippen LogP) is 2.76. The fourth-order valence-corrected chi connectivity index (χ4v) is 2.07. The normalized spacial score (nSPS) is 11.9. The number of benzene rings is 1. The molecule has 1 atom stereocenters. The number of para-hydroxylation sites is 1. The van der Waals surface area contributed by atoms with E-state index in [0.29, 0.717) is 12.5 Å². The maximum Gasteiger partial charge on any atom is 0.314 e. The summed E-state index contributed by atoms with van der Waals surface area (Å²) in [6.07, 6.45) is 0.0313. The van der Waals surface area contributed by atoms with Gasteiger partial charge in [-0.2, -0.15) is 0 Å². The average molecular weight is 335 g/mol. The molecule has 0 aliphatic rings. The molecule has 0 aromatic heterocycles. The number of carbonyl (C=O) groups excluding carboxylic acids is 2. The second kappa shape index (κ2) is 10.5. The lowest BCUT2D eigenvalue weighted by Crippen LogP contribution is -2.44. The number of urea groups is 1. The Morgan fingerprint density at radius 1 is 1.04 bits per heavy atom. The van der Waals surface area contributed by atoms with Gasteiger partial charge in [-0.3, -0.25) is 4.79 Å². The number of esters is 1. The van der Waals surface area contributed by atoms with Crippen LogP contribution in [0.1, 0.15) is 34.1 Å². The molecule has 0 saturated carbocycles. The Hall–Kier alpha value is -2.24. The van der Waals surface area contributed by atoms with Crippen molar-refractivity contribution in [3.63, 3.8) is 0 Å². The standard InChI is InChI=1S/C18H29N3O3/c1-13(2)16(21-15-8-6-5-7-9-15)12-20-18(23)19-11-10-17(22)24-14(3)4/h5-9,13-14,16,21H,10-12H2,1-4H3,(H2,19,20,23). The molecule has 1 rings (SSSR count). The highest BCUT2D eigenvalue weighted by molar-refractivity contribution is 5.75. The van der Waals surface area contributed by atoms with E-state index in [0.717, 1.165) is 5.69 Å². The molecule has 1 aromatic rings. The van der Waals surface area contributed by atoms with Crippen molar-refractivity contribution < 1.29 is 14.3 Å². The van der Waals surface area contributed by atoms with Gasteiger partial charge >= 0.3 is 12.0 Å². The molecule has 134 valence electrons. The van der Waals surface area contributed by atoms with Crippen molar-refractivity contribution in [2.24, 2.45) is 5.92 Å². The first-order chi connectivity index (χ1) is 11.4. The van der Waals surface area contributed by atoms with Crippen molar-refractivity contribution in [2.75, 3.05) is 18.4 Å². The molecule has 3 N–H and O–H groups in total. The Kier molecular flexibility index (Phi) is 8.68. The number of nitrogens with one attached hydrogen (secondary N) is 3.